The molecule has 31 heavy (non-hydrogen) atoms. The van der Waals surface area contributed by atoms with Gasteiger partial charge in [0.25, 0.3) is 0 Å². The standard InChI is InChI=1S/C24H15F3N2O2/c1-15(30)21-14-29(23-5-3-2-4-20(21)23)17-6-8-18(9-7-17)31-19-10-11-22(24(25,26)27)16(12-19)13-28/h2-12,14H,1H3. The van der Waals surface area contributed by atoms with Gasteiger partial charge >= 0.3 is 6.18 Å². The molecule has 0 amide bonds. The van der Waals surface area contributed by atoms with Gasteiger partial charge < -0.3 is 9.30 Å². The van der Waals surface area contributed by atoms with E-state index in [4.69, 9.17) is 10.00 Å². The number of nitrogens with zero attached hydrogens (tertiary/aromatic N) is 2. The number of hydrogen-bond donors (Lipinski definition) is 0. The van der Waals surface area contributed by atoms with E-state index in [1.807, 2.05) is 28.8 Å². The number of ether oxygens (including phenoxy) is 1. The maximum Gasteiger partial charge on any atom is 0.417 e. The van der Waals surface area contributed by atoms with Gasteiger partial charge in [0.15, 0.2) is 5.78 Å². The van der Waals surface area contributed by atoms with Crippen LogP contribution < -0.4 is 4.74 Å². The molecule has 0 saturated carbocycles. The van der Waals surface area contributed by atoms with E-state index in [0.717, 1.165) is 28.7 Å². The van der Waals surface area contributed by atoms with Crippen LogP contribution in [0.2, 0.25) is 0 Å². The highest BCUT2D eigenvalue weighted by Crippen LogP contribution is 2.35. The third-order valence-electron chi connectivity index (χ3n) is 4.86. The lowest BCUT2D eigenvalue weighted by atomic mass is 10.1. The fraction of sp³-hybridized carbons (Fsp3) is 0.0833. The summed E-state index contributed by atoms with van der Waals surface area (Å²) in [6, 6.07) is 19.1. The summed E-state index contributed by atoms with van der Waals surface area (Å²) in [6.45, 7) is 1.52. The van der Waals surface area contributed by atoms with Crippen molar-refractivity contribution in [2.24, 2.45) is 0 Å². The van der Waals surface area contributed by atoms with Crippen molar-refractivity contribution in [2.75, 3.05) is 0 Å². The summed E-state index contributed by atoms with van der Waals surface area (Å²) in [6.07, 6.45) is -2.83. The Morgan fingerprint density at radius 3 is 2.32 bits per heavy atom. The Morgan fingerprint density at radius 1 is 1.00 bits per heavy atom. The molecule has 0 fully saturated rings. The second kappa shape index (κ2) is 7.65. The zero-order chi connectivity index (χ0) is 22.2. The lowest BCUT2D eigenvalue weighted by molar-refractivity contribution is -0.137. The number of fused-ring (bicyclic) bond motifs is 1. The molecule has 0 radical (unpaired) electrons. The van der Waals surface area contributed by atoms with Gasteiger partial charge in [-0.15, -0.1) is 0 Å². The second-order valence-electron chi connectivity index (χ2n) is 6.90. The molecule has 4 rings (SSSR count). The number of ketones is 1. The van der Waals surface area contributed by atoms with Crippen molar-refractivity contribution in [3.8, 4) is 23.3 Å². The molecule has 4 aromatic rings. The number of benzene rings is 3. The Morgan fingerprint density at radius 2 is 1.68 bits per heavy atom. The SMILES string of the molecule is CC(=O)c1cn(-c2ccc(Oc3ccc(C(F)(F)F)c(C#N)c3)cc2)c2ccccc12. The zero-order valence-electron chi connectivity index (χ0n) is 16.3. The Labute approximate surface area is 175 Å². The number of Topliss-reactive ketones (excluding diaryl/α,β-unsaturated/α-hetero) is 1. The molecule has 0 atom stereocenters. The van der Waals surface area contributed by atoms with Crippen LogP contribution in [0, 0.1) is 11.3 Å². The molecule has 0 aliphatic rings. The van der Waals surface area contributed by atoms with E-state index in [2.05, 4.69) is 0 Å². The quantitative estimate of drug-likeness (QED) is 0.353. The van der Waals surface area contributed by atoms with Crippen molar-refractivity contribution in [1.29, 1.82) is 5.26 Å². The molecule has 7 heteroatoms. The Hall–Kier alpha value is -4.05. The summed E-state index contributed by atoms with van der Waals surface area (Å²) in [7, 11) is 0. The van der Waals surface area contributed by atoms with E-state index >= 15 is 0 Å². The average Bonchev–Trinajstić information content (AvgIpc) is 3.13. The number of hydrogen-bond acceptors (Lipinski definition) is 3. The van der Waals surface area contributed by atoms with Gasteiger partial charge in [0, 0.05) is 22.8 Å². The molecule has 154 valence electrons. The average molecular weight is 420 g/mol. The Kier molecular flexibility index (Phi) is 4.99. The van der Waals surface area contributed by atoms with E-state index in [1.165, 1.54) is 13.0 Å². The van der Waals surface area contributed by atoms with Crippen LogP contribution >= 0.6 is 0 Å². The van der Waals surface area contributed by atoms with Gasteiger partial charge in [-0.05, 0) is 55.5 Å². The van der Waals surface area contributed by atoms with E-state index in [0.29, 0.717) is 11.3 Å². The molecule has 0 N–H and O–H groups in total. The predicted octanol–water partition coefficient (Wildman–Crippen LogP) is 6.52. The summed E-state index contributed by atoms with van der Waals surface area (Å²) in [4.78, 5) is 12.0. The summed E-state index contributed by atoms with van der Waals surface area (Å²) < 4.78 is 46.4. The molecule has 4 nitrogen and oxygen atoms in total. The van der Waals surface area contributed by atoms with E-state index < -0.39 is 17.3 Å². The van der Waals surface area contributed by atoms with Crippen molar-refractivity contribution >= 4 is 16.7 Å². The minimum absolute atomic E-state index is 0.0366. The smallest absolute Gasteiger partial charge is 0.417 e. The molecule has 0 saturated heterocycles. The van der Waals surface area contributed by atoms with Crippen LogP contribution in [0.5, 0.6) is 11.5 Å². The molecule has 0 aliphatic carbocycles. The number of alkyl halides is 3. The molecular formula is C24H15F3N2O2. The van der Waals surface area contributed by atoms with Crippen LogP contribution in [0.25, 0.3) is 16.6 Å². The van der Waals surface area contributed by atoms with E-state index in [9.17, 15) is 18.0 Å². The zero-order valence-corrected chi connectivity index (χ0v) is 16.3. The highest BCUT2D eigenvalue weighted by Gasteiger charge is 2.33. The van der Waals surface area contributed by atoms with Crippen LogP contribution in [-0.2, 0) is 6.18 Å². The van der Waals surface area contributed by atoms with Crippen molar-refractivity contribution < 1.29 is 22.7 Å². The van der Waals surface area contributed by atoms with Crippen LogP contribution in [0.3, 0.4) is 0 Å². The minimum atomic E-state index is -4.61. The number of halogens is 3. The highest BCUT2D eigenvalue weighted by molar-refractivity contribution is 6.07. The van der Waals surface area contributed by atoms with Crippen molar-refractivity contribution in [3.63, 3.8) is 0 Å². The number of para-hydroxylation sites is 1. The lowest BCUT2D eigenvalue weighted by Gasteiger charge is -2.12. The summed E-state index contributed by atoms with van der Waals surface area (Å²) >= 11 is 0. The maximum absolute atomic E-state index is 12.9. The number of carbonyl (C=O) groups is 1. The van der Waals surface area contributed by atoms with Gasteiger partial charge in [0.2, 0.25) is 0 Å². The Balaban J connectivity index is 1.64. The first-order valence-electron chi connectivity index (χ1n) is 9.28. The highest BCUT2D eigenvalue weighted by atomic mass is 19.4. The largest absolute Gasteiger partial charge is 0.457 e. The first kappa shape index (κ1) is 20.2. The predicted molar refractivity (Wildman–Crippen MR) is 110 cm³/mol. The molecule has 0 unspecified atom stereocenters. The molecule has 1 heterocycles. The van der Waals surface area contributed by atoms with E-state index in [1.54, 1.807) is 36.5 Å². The molecule has 3 aromatic carbocycles. The summed E-state index contributed by atoms with van der Waals surface area (Å²) in [5, 5.41) is 9.88. The van der Waals surface area contributed by atoms with Crippen molar-refractivity contribution in [2.45, 2.75) is 13.1 Å². The van der Waals surface area contributed by atoms with Crippen molar-refractivity contribution in [3.05, 3.63) is 89.6 Å². The van der Waals surface area contributed by atoms with Gasteiger partial charge in [-0.1, -0.05) is 18.2 Å². The summed E-state index contributed by atoms with van der Waals surface area (Å²) in [5.41, 5.74) is 0.782. The lowest BCUT2D eigenvalue weighted by Crippen LogP contribution is -2.07. The van der Waals surface area contributed by atoms with Crippen LogP contribution in [-0.4, -0.2) is 10.4 Å². The number of rotatable bonds is 4. The minimum Gasteiger partial charge on any atom is -0.457 e. The molecular weight excluding hydrogens is 405 g/mol. The van der Waals surface area contributed by atoms with Crippen LogP contribution in [0.1, 0.15) is 28.4 Å². The second-order valence-corrected chi connectivity index (χ2v) is 6.90. The molecule has 1 aromatic heterocycles. The third kappa shape index (κ3) is 3.88. The monoisotopic (exact) mass is 420 g/mol. The van der Waals surface area contributed by atoms with Gasteiger partial charge in [-0.25, -0.2) is 0 Å². The fourth-order valence-corrected chi connectivity index (χ4v) is 3.41. The number of carbonyl (C=O) groups excluding carboxylic acids is 1. The van der Waals surface area contributed by atoms with Gasteiger partial charge in [0.05, 0.1) is 22.7 Å². The number of aromatic nitrogens is 1. The third-order valence-corrected chi connectivity index (χ3v) is 4.86. The molecule has 0 spiro atoms. The number of nitriles is 1. The molecule has 0 aliphatic heterocycles. The van der Waals surface area contributed by atoms with Gasteiger partial charge in [-0.3, -0.25) is 4.79 Å². The van der Waals surface area contributed by atoms with Gasteiger partial charge in [0.1, 0.15) is 11.5 Å². The van der Waals surface area contributed by atoms with Crippen molar-refractivity contribution in [1.82, 2.24) is 4.57 Å². The first-order chi connectivity index (χ1) is 14.8. The van der Waals surface area contributed by atoms with Crippen LogP contribution in [0.15, 0.2) is 72.9 Å². The summed E-state index contributed by atoms with van der Waals surface area (Å²) in [5.74, 6) is 0.490. The molecule has 0 bridgehead atoms. The topological polar surface area (TPSA) is 55.0 Å². The van der Waals surface area contributed by atoms with Gasteiger partial charge in [-0.2, -0.15) is 18.4 Å². The first-order valence-corrected chi connectivity index (χ1v) is 9.28. The fourth-order valence-electron chi connectivity index (χ4n) is 3.41. The Bertz CT molecular complexity index is 1330. The van der Waals surface area contributed by atoms with Crippen LogP contribution in [0.4, 0.5) is 13.2 Å². The van der Waals surface area contributed by atoms with E-state index in [-0.39, 0.29) is 11.5 Å². The maximum atomic E-state index is 12.9. The normalized spacial score (nSPS) is 11.3.